The second-order valence-electron chi connectivity index (χ2n) is 8.43. The molecule has 0 saturated carbocycles. The molecule has 2 aromatic heterocycles. The van der Waals surface area contributed by atoms with Crippen LogP contribution in [0.2, 0.25) is 0 Å². The van der Waals surface area contributed by atoms with Crippen LogP contribution in [0.3, 0.4) is 0 Å². The van der Waals surface area contributed by atoms with Crippen LogP contribution in [0.1, 0.15) is 31.9 Å². The predicted molar refractivity (Wildman–Crippen MR) is 108 cm³/mol. The van der Waals surface area contributed by atoms with Crippen LogP contribution in [0, 0.1) is 5.82 Å². The number of amides is 1. The Hall–Kier alpha value is -3.03. The minimum atomic E-state index is -0.298. The summed E-state index contributed by atoms with van der Waals surface area (Å²) in [5.41, 5.74) is 1.90. The van der Waals surface area contributed by atoms with Gasteiger partial charge in [-0.25, -0.2) is 4.39 Å². The Morgan fingerprint density at radius 2 is 1.86 bits per heavy atom. The van der Waals surface area contributed by atoms with E-state index in [9.17, 15) is 9.18 Å². The molecule has 1 aliphatic rings. The number of fused-ring (bicyclic) bond motifs is 1. The van der Waals surface area contributed by atoms with E-state index in [0.717, 1.165) is 11.4 Å². The van der Waals surface area contributed by atoms with Crippen LogP contribution in [0.25, 0.3) is 5.65 Å². The van der Waals surface area contributed by atoms with Gasteiger partial charge in [-0.1, -0.05) is 32.9 Å². The van der Waals surface area contributed by atoms with Crippen LogP contribution >= 0.6 is 0 Å². The van der Waals surface area contributed by atoms with E-state index in [1.807, 2.05) is 43.9 Å². The van der Waals surface area contributed by atoms with Gasteiger partial charge in [0.15, 0.2) is 5.65 Å². The third-order valence-corrected chi connectivity index (χ3v) is 5.30. The molecule has 0 aliphatic carbocycles. The molecule has 3 aromatic rings. The topological polar surface area (TPSA) is 66.6 Å². The molecule has 1 aromatic carbocycles. The largest absolute Gasteiger partial charge is 0.352 e. The first-order chi connectivity index (χ1) is 13.8. The average molecular weight is 396 g/mol. The first-order valence-electron chi connectivity index (χ1n) is 9.80. The number of aromatic nitrogens is 4. The molecule has 0 radical (unpaired) electrons. The van der Waals surface area contributed by atoms with Crippen LogP contribution in [0.15, 0.2) is 36.7 Å². The molecular weight excluding hydrogens is 371 g/mol. The fourth-order valence-corrected chi connectivity index (χ4v) is 3.62. The lowest BCUT2D eigenvalue weighted by atomic mass is 9.85. The average Bonchev–Trinajstić information content (AvgIpc) is 3.16. The Labute approximate surface area is 169 Å². The first kappa shape index (κ1) is 19.3. The van der Waals surface area contributed by atoms with Crippen molar-refractivity contribution in [1.82, 2.24) is 24.7 Å². The van der Waals surface area contributed by atoms with Gasteiger partial charge in [-0.05, 0) is 34.7 Å². The highest BCUT2D eigenvalue weighted by atomic mass is 19.1. The van der Waals surface area contributed by atoms with Crippen LogP contribution in [0.4, 0.5) is 10.2 Å². The summed E-state index contributed by atoms with van der Waals surface area (Å²) < 4.78 is 15.8. The maximum atomic E-state index is 14.1. The number of anilines is 1. The molecule has 1 amide bonds. The molecule has 7 nitrogen and oxygen atoms in total. The molecule has 0 N–H and O–H groups in total. The highest BCUT2D eigenvalue weighted by Gasteiger charge is 2.24. The number of piperazine rings is 1. The number of benzene rings is 1. The molecule has 1 fully saturated rings. The Morgan fingerprint density at radius 3 is 2.59 bits per heavy atom. The van der Waals surface area contributed by atoms with Gasteiger partial charge in [0.05, 0.1) is 6.42 Å². The van der Waals surface area contributed by atoms with Crippen molar-refractivity contribution in [3.8, 4) is 0 Å². The number of nitrogens with zero attached hydrogens (tertiary/aromatic N) is 6. The SMILES string of the molecule is CC(C)(C)c1cc(CC(=O)N2CCN(c3ccc4nncn4n3)CC2)ccc1F. The van der Waals surface area contributed by atoms with Crippen LogP contribution in [-0.4, -0.2) is 56.8 Å². The van der Waals surface area contributed by atoms with Gasteiger partial charge in [-0.15, -0.1) is 15.3 Å². The summed E-state index contributed by atoms with van der Waals surface area (Å²) in [6, 6.07) is 8.80. The van der Waals surface area contributed by atoms with E-state index in [4.69, 9.17) is 0 Å². The smallest absolute Gasteiger partial charge is 0.227 e. The van der Waals surface area contributed by atoms with Gasteiger partial charge in [-0.2, -0.15) is 4.52 Å². The molecular formula is C21H25FN6O. The Balaban J connectivity index is 1.39. The van der Waals surface area contributed by atoms with Gasteiger partial charge in [0.25, 0.3) is 0 Å². The summed E-state index contributed by atoms with van der Waals surface area (Å²) in [6.07, 6.45) is 1.86. The standard InChI is InChI=1S/C21H25FN6O/c1-21(2,3)16-12-15(4-5-17(16)22)13-20(29)27-10-8-26(9-11-27)19-7-6-18-24-23-14-28(18)25-19/h4-7,12,14H,8-11,13H2,1-3H3. The van der Waals surface area contributed by atoms with E-state index in [1.54, 1.807) is 16.9 Å². The molecule has 8 heteroatoms. The highest BCUT2D eigenvalue weighted by Crippen LogP contribution is 2.26. The maximum Gasteiger partial charge on any atom is 0.227 e. The number of hydrogen-bond acceptors (Lipinski definition) is 5. The van der Waals surface area contributed by atoms with Crippen molar-refractivity contribution in [2.24, 2.45) is 0 Å². The summed E-state index contributed by atoms with van der Waals surface area (Å²) >= 11 is 0. The molecule has 0 unspecified atom stereocenters. The quantitative estimate of drug-likeness (QED) is 0.680. The van der Waals surface area contributed by atoms with Crippen molar-refractivity contribution in [1.29, 1.82) is 0 Å². The van der Waals surface area contributed by atoms with Gasteiger partial charge < -0.3 is 9.80 Å². The zero-order chi connectivity index (χ0) is 20.6. The molecule has 3 heterocycles. The van der Waals surface area contributed by atoms with Crippen LogP contribution in [0.5, 0.6) is 0 Å². The zero-order valence-electron chi connectivity index (χ0n) is 17.0. The minimum absolute atomic E-state index is 0.0679. The van der Waals surface area contributed by atoms with E-state index in [-0.39, 0.29) is 23.6 Å². The van der Waals surface area contributed by atoms with Gasteiger partial charge in [0, 0.05) is 26.2 Å². The van der Waals surface area contributed by atoms with Crippen molar-refractivity contribution in [2.45, 2.75) is 32.6 Å². The lowest BCUT2D eigenvalue weighted by Gasteiger charge is -2.35. The molecule has 0 bridgehead atoms. The number of carbonyl (C=O) groups is 1. The van der Waals surface area contributed by atoms with E-state index in [0.29, 0.717) is 37.4 Å². The lowest BCUT2D eigenvalue weighted by molar-refractivity contribution is -0.130. The molecule has 152 valence electrons. The summed E-state index contributed by atoms with van der Waals surface area (Å²) in [5, 5.41) is 12.3. The molecule has 1 aliphatic heterocycles. The highest BCUT2D eigenvalue weighted by molar-refractivity contribution is 5.79. The van der Waals surface area contributed by atoms with Crippen LogP contribution in [-0.2, 0) is 16.6 Å². The molecule has 0 atom stereocenters. The predicted octanol–water partition coefficient (Wildman–Crippen LogP) is 2.45. The Kier molecular flexibility index (Phi) is 4.94. The lowest BCUT2D eigenvalue weighted by Crippen LogP contribution is -2.49. The van der Waals surface area contributed by atoms with E-state index < -0.39 is 0 Å². The van der Waals surface area contributed by atoms with Crippen molar-refractivity contribution in [3.05, 3.63) is 53.6 Å². The second kappa shape index (κ2) is 7.42. The van der Waals surface area contributed by atoms with E-state index in [1.165, 1.54) is 6.07 Å². The molecule has 29 heavy (non-hydrogen) atoms. The number of carbonyl (C=O) groups excluding carboxylic acids is 1. The molecule has 4 rings (SSSR count). The second-order valence-corrected chi connectivity index (χ2v) is 8.43. The fourth-order valence-electron chi connectivity index (χ4n) is 3.62. The fraction of sp³-hybridized carbons (Fsp3) is 0.429. The van der Waals surface area contributed by atoms with Crippen molar-refractivity contribution in [2.75, 3.05) is 31.1 Å². The third-order valence-electron chi connectivity index (χ3n) is 5.30. The number of halogens is 1. The summed E-state index contributed by atoms with van der Waals surface area (Å²) in [7, 11) is 0. The van der Waals surface area contributed by atoms with E-state index >= 15 is 0 Å². The van der Waals surface area contributed by atoms with Gasteiger partial charge in [0.2, 0.25) is 5.91 Å². The monoisotopic (exact) mass is 396 g/mol. The van der Waals surface area contributed by atoms with Crippen molar-refractivity contribution < 1.29 is 9.18 Å². The third kappa shape index (κ3) is 4.06. The maximum absolute atomic E-state index is 14.1. The summed E-state index contributed by atoms with van der Waals surface area (Å²) in [5.74, 6) is 0.691. The Bertz CT molecular complexity index is 1030. The van der Waals surface area contributed by atoms with E-state index in [2.05, 4.69) is 20.2 Å². The summed E-state index contributed by atoms with van der Waals surface area (Å²) in [6.45, 7) is 8.61. The van der Waals surface area contributed by atoms with Gasteiger partial charge in [-0.3, -0.25) is 4.79 Å². The van der Waals surface area contributed by atoms with Crippen molar-refractivity contribution >= 4 is 17.4 Å². The van der Waals surface area contributed by atoms with Gasteiger partial charge in [0.1, 0.15) is 18.0 Å². The molecule has 1 saturated heterocycles. The number of rotatable bonds is 3. The zero-order valence-corrected chi connectivity index (χ0v) is 17.0. The normalized spacial score (nSPS) is 15.2. The summed E-state index contributed by atoms with van der Waals surface area (Å²) in [4.78, 5) is 16.8. The number of hydrogen-bond donors (Lipinski definition) is 0. The minimum Gasteiger partial charge on any atom is -0.352 e. The first-order valence-corrected chi connectivity index (χ1v) is 9.80. The van der Waals surface area contributed by atoms with Crippen LogP contribution < -0.4 is 4.90 Å². The van der Waals surface area contributed by atoms with Crippen molar-refractivity contribution in [3.63, 3.8) is 0 Å². The van der Waals surface area contributed by atoms with Gasteiger partial charge >= 0.3 is 0 Å². The Morgan fingerprint density at radius 1 is 1.10 bits per heavy atom. The molecule has 0 spiro atoms.